The molecule has 0 bridgehead atoms. The molecule has 0 aliphatic heterocycles. The molecule has 0 radical (unpaired) electrons. The molecule has 0 spiro atoms. The summed E-state index contributed by atoms with van der Waals surface area (Å²) in [6.45, 7) is 2.92. The second-order valence-corrected chi connectivity index (χ2v) is 6.50. The summed E-state index contributed by atoms with van der Waals surface area (Å²) < 4.78 is 0. The average Bonchev–Trinajstić information content (AvgIpc) is 2.99. The number of nitrogens with zero attached hydrogens (tertiary/aromatic N) is 1. The van der Waals surface area contributed by atoms with Crippen molar-refractivity contribution < 1.29 is 0 Å². The Morgan fingerprint density at radius 1 is 1.26 bits per heavy atom. The van der Waals surface area contributed by atoms with Crippen LogP contribution in [0.15, 0.2) is 29.4 Å². The molecule has 1 aromatic carbocycles. The van der Waals surface area contributed by atoms with Crippen LogP contribution in [-0.2, 0) is 12.8 Å². The molecule has 0 unspecified atom stereocenters. The van der Waals surface area contributed by atoms with Crippen LogP contribution in [0.2, 0.25) is 0 Å². The Morgan fingerprint density at radius 3 is 2.87 bits per heavy atom. The number of aliphatic imine (C=N–C) groups is 1. The first-order valence-electron chi connectivity index (χ1n) is 8.92. The van der Waals surface area contributed by atoms with Crippen molar-refractivity contribution in [2.45, 2.75) is 57.9 Å². The number of H-pyrrole nitrogens is 1. The monoisotopic (exact) mass is 312 g/mol. The number of para-hydroxylation sites is 1. The summed E-state index contributed by atoms with van der Waals surface area (Å²) >= 11 is 0. The minimum atomic E-state index is 0.521. The fourth-order valence-corrected chi connectivity index (χ4v) is 3.58. The lowest BCUT2D eigenvalue weighted by atomic mass is 9.96. The number of nitrogens with two attached hydrogens (primary N) is 1. The Bertz CT molecular complexity index is 665. The Labute approximate surface area is 138 Å². The molecule has 1 aliphatic rings. The molecule has 1 saturated carbocycles. The second kappa shape index (κ2) is 7.53. The van der Waals surface area contributed by atoms with Gasteiger partial charge in [0.1, 0.15) is 0 Å². The largest absolute Gasteiger partial charge is 0.370 e. The molecule has 23 heavy (non-hydrogen) atoms. The molecule has 0 amide bonds. The first-order valence-corrected chi connectivity index (χ1v) is 8.92. The van der Waals surface area contributed by atoms with Crippen LogP contribution in [0, 0.1) is 0 Å². The molecule has 1 aromatic heterocycles. The normalized spacial score (nSPS) is 16.8. The molecule has 4 nitrogen and oxygen atoms in total. The molecule has 3 rings (SSSR count). The number of guanidine groups is 1. The molecule has 1 fully saturated rings. The molecule has 4 heteroatoms. The van der Waals surface area contributed by atoms with Crippen LogP contribution in [-0.4, -0.2) is 23.5 Å². The van der Waals surface area contributed by atoms with Gasteiger partial charge in [0.05, 0.1) is 0 Å². The van der Waals surface area contributed by atoms with Gasteiger partial charge in [-0.3, -0.25) is 4.99 Å². The Balaban J connectivity index is 1.58. The van der Waals surface area contributed by atoms with E-state index in [0.29, 0.717) is 12.0 Å². The van der Waals surface area contributed by atoms with Gasteiger partial charge in [-0.1, -0.05) is 44.4 Å². The Hall–Kier alpha value is -1.97. The molecule has 0 saturated heterocycles. The lowest BCUT2D eigenvalue weighted by Crippen LogP contribution is -2.41. The SMILES string of the molecule is CCc1cccc2c(CCN=C(N)NC3CCCCC3)c[nH]c12. The smallest absolute Gasteiger partial charge is 0.188 e. The number of aromatic nitrogens is 1. The standard InChI is InChI=1S/C19H28N4/c1-2-14-7-6-10-17-15(13-22-18(14)17)11-12-21-19(20)23-16-8-4-3-5-9-16/h6-7,10,13,16,22H,2-5,8-9,11-12H2,1H3,(H3,20,21,23). The zero-order valence-corrected chi connectivity index (χ0v) is 14.1. The number of rotatable bonds is 5. The Morgan fingerprint density at radius 2 is 2.09 bits per heavy atom. The van der Waals surface area contributed by atoms with Gasteiger partial charge in [-0.25, -0.2) is 0 Å². The molecule has 1 heterocycles. The van der Waals surface area contributed by atoms with E-state index in [9.17, 15) is 0 Å². The van der Waals surface area contributed by atoms with Gasteiger partial charge in [-0.05, 0) is 36.8 Å². The third-order valence-electron chi connectivity index (χ3n) is 4.89. The van der Waals surface area contributed by atoms with Gasteiger partial charge in [-0.15, -0.1) is 0 Å². The third kappa shape index (κ3) is 3.87. The highest BCUT2D eigenvalue weighted by molar-refractivity contribution is 5.86. The third-order valence-corrected chi connectivity index (χ3v) is 4.89. The van der Waals surface area contributed by atoms with Crippen molar-refractivity contribution in [3.8, 4) is 0 Å². The zero-order valence-electron chi connectivity index (χ0n) is 14.1. The lowest BCUT2D eigenvalue weighted by molar-refractivity contribution is 0.412. The van der Waals surface area contributed by atoms with Crippen LogP contribution in [0.3, 0.4) is 0 Å². The number of fused-ring (bicyclic) bond motifs is 1. The maximum Gasteiger partial charge on any atom is 0.188 e. The number of benzene rings is 1. The van der Waals surface area contributed by atoms with Crippen molar-refractivity contribution >= 4 is 16.9 Å². The van der Waals surface area contributed by atoms with Crippen LogP contribution >= 0.6 is 0 Å². The summed E-state index contributed by atoms with van der Waals surface area (Å²) in [7, 11) is 0. The van der Waals surface area contributed by atoms with Crippen molar-refractivity contribution in [3.63, 3.8) is 0 Å². The van der Waals surface area contributed by atoms with E-state index >= 15 is 0 Å². The van der Waals surface area contributed by atoms with Gasteiger partial charge in [0.25, 0.3) is 0 Å². The van der Waals surface area contributed by atoms with E-state index < -0.39 is 0 Å². The molecule has 1 aliphatic carbocycles. The molecular formula is C19H28N4. The van der Waals surface area contributed by atoms with Gasteiger partial charge in [-0.2, -0.15) is 0 Å². The summed E-state index contributed by atoms with van der Waals surface area (Å²) in [5.74, 6) is 0.603. The van der Waals surface area contributed by atoms with E-state index in [4.69, 9.17) is 5.73 Å². The summed E-state index contributed by atoms with van der Waals surface area (Å²) in [6.07, 6.45) is 10.5. The van der Waals surface area contributed by atoms with Crippen molar-refractivity contribution in [2.24, 2.45) is 10.7 Å². The van der Waals surface area contributed by atoms with Crippen molar-refractivity contribution in [2.75, 3.05) is 6.54 Å². The van der Waals surface area contributed by atoms with Gasteiger partial charge >= 0.3 is 0 Å². The van der Waals surface area contributed by atoms with Gasteiger partial charge in [0.15, 0.2) is 5.96 Å². The first kappa shape index (κ1) is 15.9. The Kier molecular flexibility index (Phi) is 5.21. The second-order valence-electron chi connectivity index (χ2n) is 6.50. The van der Waals surface area contributed by atoms with Crippen LogP contribution < -0.4 is 11.1 Å². The highest BCUT2D eigenvalue weighted by Gasteiger charge is 2.13. The van der Waals surface area contributed by atoms with Gasteiger partial charge < -0.3 is 16.0 Å². The molecule has 0 atom stereocenters. The highest BCUT2D eigenvalue weighted by Crippen LogP contribution is 2.22. The van der Waals surface area contributed by atoms with Crippen LogP contribution in [0.4, 0.5) is 0 Å². The fraction of sp³-hybridized carbons (Fsp3) is 0.526. The van der Waals surface area contributed by atoms with E-state index in [0.717, 1.165) is 19.4 Å². The maximum absolute atomic E-state index is 6.03. The summed E-state index contributed by atoms with van der Waals surface area (Å²) in [5, 5.41) is 4.69. The van der Waals surface area contributed by atoms with Crippen molar-refractivity contribution in [3.05, 3.63) is 35.5 Å². The van der Waals surface area contributed by atoms with E-state index in [-0.39, 0.29) is 0 Å². The summed E-state index contributed by atoms with van der Waals surface area (Å²) in [4.78, 5) is 7.93. The van der Waals surface area contributed by atoms with Crippen LogP contribution in [0.1, 0.15) is 50.2 Å². The number of nitrogens with one attached hydrogen (secondary N) is 2. The van der Waals surface area contributed by atoms with Crippen LogP contribution in [0.5, 0.6) is 0 Å². The fourth-order valence-electron chi connectivity index (χ4n) is 3.58. The number of aryl methyl sites for hydroxylation is 1. The van der Waals surface area contributed by atoms with Gasteiger partial charge in [0.2, 0.25) is 0 Å². The predicted octanol–water partition coefficient (Wildman–Crippen LogP) is 3.51. The van der Waals surface area contributed by atoms with E-state index in [1.54, 1.807) is 0 Å². The number of hydrogen-bond acceptors (Lipinski definition) is 1. The minimum Gasteiger partial charge on any atom is -0.370 e. The lowest BCUT2D eigenvalue weighted by Gasteiger charge is -2.23. The minimum absolute atomic E-state index is 0.521. The van der Waals surface area contributed by atoms with E-state index in [1.807, 2.05) is 0 Å². The summed E-state index contributed by atoms with van der Waals surface area (Å²) in [5.41, 5.74) is 9.99. The maximum atomic E-state index is 6.03. The zero-order chi connectivity index (χ0) is 16.1. The van der Waals surface area contributed by atoms with E-state index in [2.05, 4.69) is 46.6 Å². The predicted molar refractivity (Wildman–Crippen MR) is 97.9 cm³/mol. The van der Waals surface area contributed by atoms with Crippen molar-refractivity contribution in [1.82, 2.24) is 10.3 Å². The summed E-state index contributed by atoms with van der Waals surface area (Å²) in [6, 6.07) is 7.04. The molecule has 4 N–H and O–H groups in total. The first-order chi connectivity index (χ1) is 11.3. The highest BCUT2D eigenvalue weighted by atomic mass is 15.1. The molecule has 124 valence electrons. The van der Waals surface area contributed by atoms with Gasteiger partial charge in [0, 0.05) is 29.7 Å². The van der Waals surface area contributed by atoms with Crippen molar-refractivity contribution in [1.29, 1.82) is 0 Å². The van der Waals surface area contributed by atoms with Crippen LogP contribution in [0.25, 0.3) is 10.9 Å². The quantitative estimate of drug-likeness (QED) is 0.584. The molecule has 2 aromatic rings. The average molecular weight is 312 g/mol. The topological polar surface area (TPSA) is 66.2 Å². The number of aromatic amines is 1. The van der Waals surface area contributed by atoms with E-state index in [1.165, 1.54) is 54.1 Å². The molecular weight excluding hydrogens is 284 g/mol. The number of hydrogen-bond donors (Lipinski definition) is 3.